The summed E-state index contributed by atoms with van der Waals surface area (Å²) in [5.41, 5.74) is 0.830. The maximum Gasteiger partial charge on any atom is 0.264 e. The number of ether oxygens (including phenoxy) is 2. The third-order valence-electron chi connectivity index (χ3n) is 7.02. The van der Waals surface area contributed by atoms with Crippen molar-refractivity contribution in [2.45, 2.75) is 64.1 Å². The van der Waals surface area contributed by atoms with E-state index in [2.05, 4.69) is 5.32 Å². The van der Waals surface area contributed by atoms with Crippen LogP contribution in [0.15, 0.2) is 77.7 Å². The van der Waals surface area contributed by atoms with E-state index in [0.717, 1.165) is 22.0 Å². The van der Waals surface area contributed by atoms with Crippen molar-refractivity contribution in [3.8, 4) is 11.5 Å². The summed E-state index contributed by atoms with van der Waals surface area (Å²) < 4.78 is 53.4. The lowest BCUT2D eigenvalue weighted by Crippen LogP contribution is -2.53. The SMILES string of the molecule is CCOc1ccc(S(=O)(=O)N(CC(=O)N(Cc2ccc(OC)cc2)[C@H](CC)C(=O)N[C@@H](C)CC)c2ccc(F)cc2)cc1. The van der Waals surface area contributed by atoms with E-state index in [-0.39, 0.29) is 29.1 Å². The lowest BCUT2D eigenvalue weighted by atomic mass is 10.1. The molecule has 2 atom stereocenters. The number of halogens is 1. The molecule has 0 saturated heterocycles. The molecule has 232 valence electrons. The number of carbonyl (C=O) groups excluding carboxylic acids is 2. The molecule has 0 spiro atoms. The molecule has 3 aromatic rings. The Hall–Kier alpha value is -4.12. The predicted molar refractivity (Wildman–Crippen MR) is 164 cm³/mol. The van der Waals surface area contributed by atoms with Crippen molar-refractivity contribution in [2.24, 2.45) is 0 Å². The smallest absolute Gasteiger partial charge is 0.264 e. The topological polar surface area (TPSA) is 105 Å². The molecule has 9 nitrogen and oxygen atoms in total. The lowest BCUT2D eigenvalue weighted by Gasteiger charge is -2.33. The molecular weight excluding hydrogens is 573 g/mol. The first kappa shape index (κ1) is 33.4. The fraction of sp³-hybridized carbons (Fsp3) is 0.375. The van der Waals surface area contributed by atoms with Gasteiger partial charge >= 0.3 is 0 Å². The standard InChI is InChI=1S/C32H40FN3O6S/c1-6-23(4)34-32(38)30(7-2)35(21-24-9-15-27(41-5)16-10-24)31(37)22-36(26-13-11-25(33)12-14-26)43(39,40)29-19-17-28(18-20-29)42-8-3/h9-20,23,30H,6-8,21-22H2,1-5H3,(H,34,38)/t23-,30+/m0/s1. The first-order valence-electron chi connectivity index (χ1n) is 14.3. The van der Waals surface area contributed by atoms with Gasteiger partial charge in [-0.15, -0.1) is 0 Å². The van der Waals surface area contributed by atoms with Crippen LogP contribution in [0, 0.1) is 5.82 Å². The molecule has 0 aliphatic carbocycles. The molecule has 0 radical (unpaired) electrons. The van der Waals surface area contributed by atoms with Crippen LogP contribution in [0.3, 0.4) is 0 Å². The zero-order valence-electron chi connectivity index (χ0n) is 25.2. The molecule has 0 unspecified atom stereocenters. The van der Waals surface area contributed by atoms with Gasteiger partial charge < -0.3 is 19.7 Å². The largest absolute Gasteiger partial charge is 0.497 e. The van der Waals surface area contributed by atoms with Crippen LogP contribution >= 0.6 is 0 Å². The van der Waals surface area contributed by atoms with Gasteiger partial charge in [0.05, 0.1) is 24.3 Å². The van der Waals surface area contributed by atoms with Crippen LogP contribution in [0.25, 0.3) is 0 Å². The highest BCUT2D eigenvalue weighted by Gasteiger charge is 2.34. The van der Waals surface area contributed by atoms with Crippen molar-refractivity contribution in [2.75, 3.05) is 24.6 Å². The van der Waals surface area contributed by atoms with Crippen LogP contribution in [-0.2, 0) is 26.2 Å². The molecular formula is C32H40FN3O6S. The van der Waals surface area contributed by atoms with Crippen LogP contribution in [0.1, 0.15) is 46.1 Å². The molecule has 0 aliphatic heterocycles. The average Bonchev–Trinajstić information content (AvgIpc) is 3.00. The number of methoxy groups -OCH3 is 1. The first-order chi connectivity index (χ1) is 20.5. The van der Waals surface area contributed by atoms with Gasteiger partial charge in [-0.1, -0.05) is 26.0 Å². The van der Waals surface area contributed by atoms with E-state index in [1.54, 1.807) is 38.3 Å². The molecule has 43 heavy (non-hydrogen) atoms. The second kappa shape index (κ2) is 15.4. The number of nitrogens with one attached hydrogen (secondary N) is 1. The van der Waals surface area contributed by atoms with Crippen LogP contribution in [0.5, 0.6) is 11.5 Å². The Morgan fingerprint density at radius 2 is 1.49 bits per heavy atom. The highest BCUT2D eigenvalue weighted by molar-refractivity contribution is 7.92. The Morgan fingerprint density at radius 3 is 2.02 bits per heavy atom. The number of rotatable bonds is 15. The average molecular weight is 614 g/mol. The lowest BCUT2D eigenvalue weighted by molar-refractivity contribution is -0.140. The second-order valence-corrected chi connectivity index (χ2v) is 11.9. The molecule has 2 amide bonds. The summed E-state index contributed by atoms with van der Waals surface area (Å²) in [7, 11) is -2.75. The van der Waals surface area contributed by atoms with E-state index in [1.807, 2.05) is 20.8 Å². The number of sulfonamides is 1. The summed E-state index contributed by atoms with van der Waals surface area (Å²) in [6.45, 7) is 7.27. The number of hydrogen-bond acceptors (Lipinski definition) is 6. The molecule has 0 aliphatic rings. The summed E-state index contributed by atoms with van der Waals surface area (Å²) in [6, 6.07) is 16.8. The fourth-order valence-corrected chi connectivity index (χ4v) is 5.84. The molecule has 3 aromatic carbocycles. The van der Waals surface area contributed by atoms with Crippen LogP contribution in [-0.4, -0.2) is 57.5 Å². The zero-order chi connectivity index (χ0) is 31.6. The summed E-state index contributed by atoms with van der Waals surface area (Å²) >= 11 is 0. The Labute approximate surface area is 253 Å². The summed E-state index contributed by atoms with van der Waals surface area (Å²) in [5, 5.41) is 2.94. The van der Waals surface area contributed by atoms with Crippen LogP contribution in [0.4, 0.5) is 10.1 Å². The molecule has 11 heteroatoms. The van der Waals surface area contributed by atoms with Gasteiger partial charge in [0.2, 0.25) is 11.8 Å². The molecule has 1 N–H and O–H groups in total. The molecule has 3 rings (SSSR count). The van der Waals surface area contributed by atoms with Crippen molar-refractivity contribution in [3.63, 3.8) is 0 Å². The Morgan fingerprint density at radius 1 is 0.884 bits per heavy atom. The Bertz CT molecular complexity index is 1450. The van der Waals surface area contributed by atoms with E-state index in [1.165, 1.54) is 41.3 Å². The van der Waals surface area contributed by atoms with Crippen molar-refractivity contribution in [1.82, 2.24) is 10.2 Å². The Kier molecular flexibility index (Phi) is 11.9. The minimum Gasteiger partial charge on any atom is -0.497 e. The molecule has 0 saturated carbocycles. The summed E-state index contributed by atoms with van der Waals surface area (Å²) in [6.07, 6.45) is 1.000. The predicted octanol–water partition coefficient (Wildman–Crippen LogP) is 5.15. The second-order valence-electron chi connectivity index (χ2n) is 10.0. The first-order valence-corrected chi connectivity index (χ1v) is 15.7. The highest BCUT2D eigenvalue weighted by atomic mass is 32.2. The number of anilines is 1. The number of amides is 2. The number of benzene rings is 3. The maximum absolute atomic E-state index is 14.1. The zero-order valence-corrected chi connectivity index (χ0v) is 26.1. The summed E-state index contributed by atoms with van der Waals surface area (Å²) in [5.74, 6) is -0.355. The normalized spacial score (nSPS) is 12.6. The number of nitrogens with zero attached hydrogens (tertiary/aromatic N) is 2. The van der Waals surface area contributed by atoms with Gasteiger partial charge in [-0.25, -0.2) is 12.8 Å². The van der Waals surface area contributed by atoms with E-state index in [0.29, 0.717) is 30.9 Å². The van der Waals surface area contributed by atoms with Crippen LogP contribution < -0.4 is 19.1 Å². The monoisotopic (exact) mass is 613 g/mol. The molecule has 0 heterocycles. The molecule has 0 bridgehead atoms. The van der Waals surface area contributed by atoms with Gasteiger partial charge in [0.15, 0.2) is 0 Å². The van der Waals surface area contributed by atoms with Gasteiger partial charge in [0.25, 0.3) is 10.0 Å². The minimum absolute atomic E-state index is 0.0512. The van der Waals surface area contributed by atoms with Crippen molar-refractivity contribution >= 4 is 27.5 Å². The van der Waals surface area contributed by atoms with E-state index in [4.69, 9.17) is 9.47 Å². The van der Waals surface area contributed by atoms with Crippen molar-refractivity contribution in [1.29, 1.82) is 0 Å². The van der Waals surface area contributed by atoms with Crippen molar-refractivity contribution < 1.29 is 31.9 Å². The van der Waals surface area contributed by atoms with Crippen LogP contribution in [0.2, 0.25) is 0 Å². The van der Waals surface area contributed by atoms with Crippen molar-refractivity contribution in [3.05, 3.63) is 84.2 Å². The molecule has 0 aromatic heterocycles. The van der Waals surface area contributed by atoms with Gasteiger partial charge in [0.1, 0.15) is 29.9 Å². The third kappa shape index (κ3) is 8.70. The maximum atomic E-state index is 14.1. The highest BCUT2D eigenvalue weighted by Crippen LogP contribution is 2.27. The van der Waals surface area contributed by atoms with Gasteiger partial charge in [-0.2, -0.15) is 0 Å². The fourth-order valence-electron chi connectivity index (χ4n) is 4.43. The van der Waals surface area contributed by atoms with Gasteiger partial charge in [-0.3, -0.25) is 13.9 Å². The van der Waals surface area contributed by atoms with E-state index < -0.39 is 34.3 Å². The minimum atomic E-state index is -4.29. The van der Waals surface area contributed by atoms with E-state index in [9.17, 15) is 22.4 Å². The Balaban J connectivity index is 2.04. The molecule has 0 fully saturated rings. The number of carbonyl (C=O) groups is 2. The van der Waals surface area contributed by atoms with Gasteiger partial charge in [-0.05, 0) is 92.9 Å². The summed E-state index contributed by atoms with van der Waals surface area (Å²) in [4.78, 5) is 28.8. The third-order valence-corrected chi connectivity index (χ3v) is 8.80. The van der Waals surface area contributed by atoms with Gasteiger partial charge in [0, 0.05) is 12.6 Å². The number of hydrogen-bond donors (Lipinski definition) is 1. The quantitative estimate of drug-likeness (QED) is 0.254. The van der Waals surface area contributed by atoms with E-state index >= 15 is 0 Å².